The van der Waals surface area contributed by atoms with Crippen molar-refractivity contribution in [2.75, 3.05) is 25.0 Å². The number of benzene rings is 1. The van der Waals surface area contributed by atoms with Gasteiger partial charge < -0.3 is 4.74 Å². The van der Waals surface area contributed by atoms with Crippen LogP contribution in [0.5, 0.6) is 5.75 Å². The summed E-state index contributed by atoms with van der Waals surface area (Å²) >= 11 is 1.49. The summed E-state index contributed by atoms with van der Waals surface area (Å²) in [5, 5.41) is 14.0. The van der Waals surface area contributed by atoms with Gasteiger partial charge >= 0.3 is 0 Å². The molecule has 0 saturated carbocycles. The summed E-state index contributed by atoms with van der Waals surface area (Å²) in [4.78, 5) is 30.3. The highest BCUT2D eigenvalue weighted by Gasteiger charge is 2.18. The van der Waals surface area contributed by atoms with Gasteiger partial charge in [0, 0.05) is 23.6 Å². The van der Waals surface area contributed by atoms with Crippen LogP contribution in [0.3, 0.4) is 0 Å². The zero-order valence-corrected chi connectivity index (χ0v) is 16.8. The quantitative estimate of drug-likeness (QED) is 0.559. The topological polar surface area (TPSA) is 97.6 Å². The number of nitro benzene ring substituents is 1. The van der Waals surface area contributed by atoms with Crippen molar-refractivity contribution in [3.8, 4) is 5.75 Å². The number of nitrogens with one attached hydrogen (secondary N) is 1. The lowest BCUT2D eigenvalue weighted by Gasteiger charge is -2.29. The second kappa shape index (κ2) is 9.11. The number of thiazole rings is 1. The third kappa shape index (κ3) is 5.49. The Labute approximate surface area is 167 Å². The number of carbonyl (C=O) groups is 1. The van der Waals surface area contributed by atoms with Crippen LogP contribution in [0, 0.1) is 23.0 Å². The predicted octanol–water partition coefficient (Wildman–Crippen LogP) is 3.61. The van der Waals surface area contributed by atoms with Gasteiger partial charge in [-0.2, -0.15) is 0 Å². The molecule has 1 amide bonds. The van der Waals surface area contributed by atoms with E-state index in [1.165, 1.54) is 53.3 Å². The maximum Gasteiger partial charge on any atom is 0.269 e. The molecule has 28 heavy (non-hydrogen) atoms. The van der Waals surface area contributed by atoms with E-state index in [4.69, 9.17) is 4.74 Å². The van der Waals surface area contributed by atoms with Gasteiger partial charge in [0.15, 0.2) is 11.7 Å². The summed E-state index contributed by atoms with van der Waals surface area (Å²) < 4.78 is 5.38. The van der Waals surface area contributed by atoms with Crippen LogP contribution < -0.4 is 10.1 Å². The van der Waals surface area contributed by atoms with Crippen LogP contribution in [0.4, 0.5) is 10.8 Å². The molecule has 1 aromatic carbocycles. The number of ether oxygens (including phenoxy) is 1. The van der Waals surface area contributed by atoms with Crippen molar-refractivity contribution in [1.82, 2.24) is 9.88 Å². The van der Waals surface area contributed by atoms with Crippen molar-refractivity contribution in [2.45, 2.75) is 33.2 Å². The van der Waals surface area contributed by atoms with E-state index in [9.17, 15) is 14.9 Å². The lowest BCUT2D eigenvalue weighted by atomic mass is 9.99. The minimum atomic E-state index is -0.483. The van der Waals surface area contributed by atoms with Crippen molar-refractivity contribution in [1.29, 1.82) is 0 Å². The van der Waals surface area contributed by atoms with Crippen LogP contribution in [0.2, 0.25) is 0 Å². The molecule has 0 radical (unpaired) electrons. The summed E-state index contributed by atoms with van der Waals surface area (Å²) in [5.41, 5.74) is 0.918. The summed E-state index contributed by atoms with van der Waals surface area (Å²) in [6.45, 7) is 7.14. The maximum atomic E-state index is 12.1. The minimum absolute atomic E-state index is 0.0224. The average Bonchev–Trinajstić information content (AvgIpc) is 3.01. The van der Waals surface area contributed by atoms with Gasteiger partial charge in [-0.3, -0.25) is 25.1 Å². The third-order valence-electron chi connectivity index (χ3n) is 4.80. The van der Waals surface area contributed by atoms with E-state index >= 15 is 0 Å². The number of nitro groups is 1. The lowest BCUT2D eigenvalue weighted by molar-refractivity contribution is -0.384. The second-order valence-corrected chi connectivity index (χ2v) is 8.16. The number of aryl methyl sites for hydroxylation is 1. The molecule has 0 atom stereocenters. The summed E-state index contributed by atoms with van der Waals surface area (Å²) in [5.74, 6) is 0.881. The number of amides is 1. The van der Waals surface area contributed by atoms with Gasteiger partial charge in [0.1, 0.15) is 5.75 Å². The number of aromatic nitrogens is 1. The molecule has 1 aliphatic heterocycles. The first kappa shape index (κ1) is 20.2. The number of rotatable bonds is 7. The summed E-state index contributed by atoms with van der Waals surface area (Å²) in [6.07, 6.45) is 2.45. The van der Waals surface area contributed by atoms with E-state index in [1.54, 1.807) is 0 Å². The first-order valence-electron chi connectivity index (χ1n) is 9.26. The number of likely N-dealkylation sites (tertiary alicyclic amines) is 1. The molecule has 1 aromatic heterocycles. The molecule has 1 fully saturated rings. The molecule has 150 valence electrons. The van der Waals surface area contributed by atoms with Crippen molar-refractivity contribution >= 4 is 28.1 Å². The predicted molar refractivity (Wildman–Crippen MR) is 108 cm³/mol. The van der Waals surface area contributed by atoms with Crippen molar-refractivity contribution in [3.63, 3.8) is 0 Å². The molecular formula is C19H24N4O4S. The first-order valence-corrected chi connectivity index (χ1v) is 10.1. The minimum Gasteiger partial charge on any atom is -0.484 e. The average molecular weight is 404 g/mol. The van der Waals surface area contributed by atoms with Crippen LogP contribution in [-0.2, 0) is 11.3 Å². The van der Waals surface area contributed by atoms with E-state index in [-0.39, 0.29) is 18.2 Å². The molecular weight excluding hydrogens is 380 g/mol. The fourth-order valence-corrected chi connectivity index (χ4v) is 4.04. The van der Waals surface area contributed by atoms with Crippen LogP contribution in [0.25, 0.3) is 0 Å². The van der Waals surface area contributed by atoms with E-state index in [0.29, 0.717) is 10.9 Å². The van der Waals surface area contributed by atoms with Crippen LogP contribution in [-0.4, -0.2) is 40.4 Å². The van der Waals surface area contributed by atoms with E-state index < -0.39 is 4.92 Å². The molecule has 0 aliphatic carbocycles. The van der Waals surface area contributed by atoms with Gasteiger partial charge in [-0.1, -0.05) is 6.92 Å². The van der Waals surface area contributed by atoms with Gasteiger partial charge in [-0.15, -0.1) is 11.3 Å². The third-order valence-corrected chi connectivity index (χ3v) is 5.86. The zero-order valence-electron chi connectivity index (χ0n) is 16.0. The van der Waals surface area contributed by atoms with E-state index in [1.807, 2.05) is 6.92 Å². The summed E-state index contributed by atoms with van der Waals surface area (Å²) in [7, 11) is 0. The smallest absolute Gasteiger partial charge is 0.269 e. The number of non-ortho nitro benzene ring substituents is 1. The molecule has 0 unspecified atom stereocenters. The zero-order chi connectivity index (χ0) is 20.1. The van der Waals surface area contributed by atoms with Crippen molar-refractivity contribution in [3.05, 3.63) is 45.0 Å². The highest BCUT2D eigenvalue weighted by Crippen LogP contribution is 2.26. The van der Waals surface area contributed by atoms with Crippen molar-refractivity contribution in [2.24, 2.45) is 5.92 Å². The number of hydrogen-bond acceptors (Lipinski definition) is 7. The SMILES string of the molecule is Cc1nc(NC(=O)COc2ccc([N+](=O)[O-])cc2)sc1CN1CCC(C)CC1. The highest BCUT2D eigenvalue weighted by molar-refractivity contribution is 7.15. The molecule has 0 bridgehead atoms. The number of carbonyl (C=O) groups excluding carboxylic acids is 1. The standard InChI is InChI=1S/C19H24N4O4S/c1-13-7-9-22(10-8-13)11-17-14(2)20-19(28-17)21-18(24)12-27-16-5-3-15(4-6-16)23(25)26/h3-6,13H,7-12H2,1-2H3,(H,20,21,24). The molecule has 1 N–H and O–H groups in total. The largest absolute Gasteiger partial charge is 0.484 e. The van der Waals surface area contributed by atoms with Crippen LogP contribution in [0.15, 0.2) is 24.3 Å². The molecule has 2 aromatic rings. The molecule has 3 rings (SSSR count). The van der Waals surface area contributed by atoms with Gasteiger partial charge in [0.05, 0.1) is 10.6 Å². The summed E-state index contributed by atoms with van der Waals surface area (Å²) in [6, 6.07) is 5.61. The molecule has 0 spiro atoms. The number of anilines is 1. The van der Waals surface area contributed by atoms with Crippen LogP contribution >= 0.6 is 11.3 Å². The number of piperidine rings is 1. The highest BCUT2D eigenvalue weighted by atomic mass is 32.1. The fourth-order valence-electron chi connectivity index (χ4n) is 3.02. The Morgan fingerprint density at radius 1 is 1.36 bits per heavy atom. The Hall–Kier alpha value is -2.52. The number of hydrogen-bond donors (Lipinski definition) is 1. The molecule has 8 nitrogen and oxygen atoms in total. The Kier molecular flexibility index (Phi) is 6.58. The number of nitrogens with zero attached hydrogens (tertiary/aromatic N) is 3. The lowest BCUT2D eigenvalue weighted by Crippen LogP contribution is -2.32. The Bertz CT molecular complexity index is 829. The van der Waals surface area contributed by atoms with Crippen molar-refractivity contribution < 1.29 is 14.5 Å². The molecule has 2 heterocycles. The van der Waals surface area contributed by atoms with Gasteiger partial charge in [0.25, 0.3) is 11.6 Å². The normalized spacial score (nSPS) is 15.4. The van der Waals surface area contributed by atoms with E-state index in [0.717, 1.165) is 31.2 Å². The Morgan fingerprint density at radius 2 is 2.04 bits per heavy atom. The monoisotopic (exact) mass is 404 g/mol. The first-order chi connectivity index (χ1) is 13.4. The second-order valence-electron chi connectivity index (χ2n) is 7.07. The fraction of sp³-hybridized carbons (Fsp3) is 0.474. The maximum absolute atomic E-state index is 12.1. The van der Waals surface area contributed by atoms with Gasteiger partial charge in [-0.25, -0.2) is 4.98 Å². The van der Waals surface area contributed by atoms with Gasteiger partial charge in [0.2, 0.25) is 0 Å². The van der Waals surface area contributed by atoms with Crippen LogP contribution in [0.1, 0.15) is 30.3 Å². The Morgan fingerprint density at radius 3 is 2.68 bits per heavy atom. The molecule has 9 heteroatoms. The molecule has 1 aliphatic rings. The van der Waals surface area contributed by atoms with Gasteiger partial charge in [-0.05, 0) is 50.9 Å². The van der Waals surface area contributed by atoms with E-state index in [2.05, 4.69) is 22.1 Å². The Balaban J connectivity index is 1.49. The molecule has 1 saturated heterocycles.